The highest BCUT2D eigenvalue weighted by molar-refractivity contribution is 5.97. The third kappa shape index (κ3) is 4.87. The molecule has 3 N–H and O–H groups in total. The van der Waals surface area contributed by atoms with Gasteiger partial charge in [-0.2, -0.15) is 5.26 Å². The van der Waals surface area contributed by atoms with E-state index >= 15 is 0 Å². The van der Waals surface area contributed by atoms with Crippen LogP contribution in [-0.4, -0.2) is 11.0 Å². The molecule has 0 spiro atoms. The summed E-state index contributed by atoms with van der Waals surface area (Å²) in [5.74, 6) is -0.415. The monoisotopic (exact) mass is 349 g/mol. The second kappa shape index (κ2) is 8.72. The third-order valence-electron chi connectivity index (χ3n) is 4.13. The lowest BCUT2D eigenvalue weighted by atomic mass is 10.0. The first-order valence-corrected chi connectivity index (χ1v) is 8.50. The highest BCUT2D eigenvalue weighted by Crippen LogP contribution is 2.24. The summed E-state index contributed by atoms with van der Waals surface area (Å²) in [6.45, 7) is 5.82. The Kier molecular flexibility index (Phi) is 6.40. The number of amides is 1. The molecule has 26 heavy (non-hydrogen) atoms. The van der Waals surface area contributed by atoms with E-state index in [1.165, 1.54) is 11.8 Å². The summed E-state index contributed by atoms with van der Waals surface area (Å²) >= 11 is 0. The smallest absolute Gasteiger partial charge is 0.263 e. The van der Waals surface area contributed by atoms with Crippen molar-refractivity contribution in [3.63, 3.8) is 0 Å². The second-order valence-electron chi connectivity index (χ2n) is 6.13. The molecule has 0 aromatic heterocycles. The van der Waals surface area contributed by atoms with Crippen molar-refractivity contribution in [2.24, 2.45) is 0 Å². The fourth-order valence-electron chi connectivity index (χ4n) is 2.46. The quantitative estimate of drug-likeness (QED) is 0.419. The van der Waals surface area contributed by atoms with Gasteiger partial charge in [-0.1, -0.05) is 37.3 Å². The molecule has 0 saturated carbocycles. The van der Waals surface area contributed by atoms with E-state index in [2.05, 4.69) is 17.6 Å². The fourth-order valence-corrected chi connectivity index (χ4v) is 2.46. The van der Waals surface area contributed by atoms with Crippen LogP contribution in [0.15, 0.2) is 54.2 Å². The van der Waals surface area contributed by atoms with Crippen molar-refractivity contribution < 1.29 is 9.90 Å². The molecule has 5 nitrogen and oxygen atoms in total. The van der Waals surface area contributed by atoms with Crippen LogP contribution in [0.1, 0.15) is 36.6 Å². The van der Waals surface area contributed by atoms with Crippen molar-refractivity contribution >= 4 is 11.6 Å². The van der Waals surface area contributed by atoms with E-state index in [0.717, 1.165) is 17.5 Å². The van der Waals surface area contributed by atoms with Crippen molar-refractivity contribution in [1.29, 1.82) is 5.26 Å². The average molecular weight is 349 g/mol. The molecule has 2 aromatic rings. The number of hydrogen-bond acceptors (Lipinski definition) is 4. The first-order chi connectivity index (χ1) is 12.4. The number of rotatable bonds is 6. The van der Waals surface area contributed by atoms with Crippen molar-refractivity contribution in [3.05, 3.63) is 70.9 Å². The van der Waals surface area contributed by atoms with Crippen LogP contribution in [0.3, 0.4) is 0 Å². The number of phenols is 1. The van der Waals surface area contributed by atoms with Gasteiger partial charge < -0.3 is 15.7 Å². The number of nitriles is 1. The van der Waals surface area contributed by atoms with E-state index in [0.29, 0.717) is 5.69 Å². The van der Waals surface area contributed by atoms with Gasteiger partial charge in [0.1, 0.15) is 17.4 Å². The SMILES string of the molecule is CCc1ccc(C(C)NC(=O)/C(C#N)=C\Nc2ccc(C)cc2O)cc1. The molecule has 2 rings (SSSR count). The lowest BCUT2D eigenvalue weighted by molar-refractivity contribution is -0.117. The number of hydrogen-bond donors (Lipinski definition) is 3. The lowest BCUT2D eigenvalue weighted by Gasteiger charge is -2.14. The van der Waals surface area contributed by atoms with E-state index < -0.39 is 5.91 Å². The molecule has 1 atom stereocenters. The number of nitrogens with one attached hydrogen (secondary N) is 2. The van der Waals surface area contributed by atoms with Gasteiger partial charge in [0, 0.05) is 6.20 Å². The van der Waals surface area contributed by atoms with Gasteiger partial charge in [0.05, 0.1) is 11.7 Å². The minimum Gasteiger partial charge on any atom is -0.506 e. The van der Waals surface area contributed by atoms with Gasteiger partial charge in [0.2, 0.25) is 0 Å². The molecule has 0 saturated heterocycles. The number of anilines is 1. The van der Waals surface area contributed by atoms with Gasteiger partial charge >= 0.3 is 0 Å². The summed E-state index contributed by atoms with van der Waals surface area (Å²) in [6, 6.07) is 14.8. The number of aromatic hydroxyl groups is 1. The normalized spacial score (nSPS) is 12.2. The van der Waals surface area contributed by atoms with E-state index in [9.17, 15) is 15.2 Å². The summed E-state index contributed by atoms with van der Waals surface area (Å²) in [6.07, 6.45) is 2.26. The van der Waals surface area contributed by atoms with E-state index in [1.807, 2.05) is 50.2 Å². The Hall–Kier alpha value is -3.26. The van der Waals surface area contributed by atoms with Crippen molar-refractivity contribution in [3.8, 4) is 11.8 Å². The van der Waals surface area contributed by atoms with Crippen LogP contribution in [-0.2, 0) is 11.2 Å². The Labute approximate surface area is 154 Å². The summed E-state index contributed by atoms with van der Waals surface area (Å²) in [7, 11) is 0. The summed E-state index contributed by atoms with van der Waals surface area (Å²) in [5.41, 5.74) is 3.48. The van der Waals surface area contributed by atoms with Gasteiger partial charge in [-0.05, 0) is 49.1 Å². The van der Waals surface area contributed by atoms with Crippen LogP contribution in [0.25, 0.3) is 0 Å². The number of nitrogens with zero attached hydrogens (tertiary/aromatic N) is 1. The Bertz CT molecular complexity index is 849. The Morgan fingerprint density at radius 2 is 1.96 bits per heavy atom. The van der Waals surface area contributed by atoms with Crippen LogP contribution >= 0.6 is 0 Å². The molecular formula is C21H23N3O2. The molecule has 5 heteroatoms. The van der Waals surface area contributed by atoms with Gasteiger partial charge in [0.25, 0.3) is 5.91 Å². The fraction of sp³-hybridized carbons (Fsp3) is 0.238. The molecule has 0 aliphatic heterocycles. The molecule has 0 fully saturated rings. The number of carbonyl (C=O) groups is 1. The maximum atomic E-state index is 12.3. The van der Waals surface area contributed by atoms with Gasteiger partial charge in [0.15, 0.2) is 0 Å². The number of benzene rings is 2. The lowest BCUT2D eigenvalue weighted by Crippen LogP contribution is -2.28. The highest BCUT2D eigenvalue weighted by atomic mass is 16.3. The molecule has 0 radical (unpaired) electrons. The average Bonchev–Trinajstić information content (AvgIpc) is 2.63. The predicted molar refractivity (Wildman–Crippen MR) is 103 cm³/mol. The maximum Gasteiger partial charge on any atom is 0.263 e. The van der Waals surface area contributed by atoms with Crippen LogP contribution in [0.5, 0.6) is 5.75 Å². The molecule has 134 valence electrons. The van der Waals surface area contributed by atoms with Crippen molar-refractivity contribution in [2.45, 2.75) is 33.2 Å². The first-order valence-electron chi connectivity index (χ1n) is 8.50. The number of phenolic OH excluding ortho intramolecular Hbond substituents is 1. The topological polar surface area (TPSA) is 85.2 Å². The van der Waals surface area contributed by atoms with Crippen molar-refractivity contribution in [2.75, 3.05) is 5.32 Å². The summed E-state index contributed by atoms with van der Waals surface area (Å²) in [5, 5.41) is 24.8. The highest BCUT2D eigenvalue weighted by Gasteiger charge is 2.14. The van der Waals surface area contributed by atoms with Crippen LogP contribution < -0.4 is 10.6 Å². The minimum absolute atomic E-state index is 0.0586. The van der Waals surface area contributed by atoms with Gasteiger partial charge in [-0.15, -0.1) is 0 Å². The van der Waals surface area contributed by atoms with E-state index in [4.69, 9.17) is 0 Å². The van der Waals surface area contributed by atoms with Gasteiger partial charge in [-0.25, -0.2) is 0 Å². The zero-order chi connectivity index (χ0) is 19.1. The molecule has 0 bridgehead atoms. The number of carbonyl (C=O) groups excluding carboxylic acids is 1. The largest absolute Gasteiger partial charge is 0.506 e. The van der Waals surface area contributed by atoms with Crippen LogP contribution in [0, 0.1) is 18.3 Å². The molecule has 1 unspecified atom stereocenters. The predicted octanol–water partition coefficient (Wildman–Crippen LogP) is 3.96. The second-order valence-corrected chi connectivity index (χ2v) is 6.13. The van der Waals surface area contributed by atoms with Crippen molar-refractivity contribution in [1.82, 2.24) is 5.32 Å². The minimum atomic E-state index is -0.473. The van der Waals surface area contributed by atoms with E-state index in [1.54, 1.807) is 12.1 Å². The Morgan fingerprint density at radius 1 is 1.27 bits per heavy atom. The standard InChI is InChI=1S/C21H23N3O2/c1-4-16-6-8-17(9-7-16)15(3)24-21(26)18(12-22)13-23-19-10-5-14(2)11-20(19)25/h5-11,13,15,23,25H,4H2,1-3H3,(H,24,26)/b18-13-. The Balaban J connectivity index is 2.06. The maximum absolute atomic E-state index is 12.3. The zero-order valence-corrected chi connectivity index (χ0v) is 15.2. The first kappa shape index (κ1) is 19.1. The molecule has 2 aromatic carbocycles. The molecule has 0 heterocycles. The molecule has 0 aliphatic carbocycles. The van der Waals surface area contributed by atoms with Crippen LogP contribution in [0.2, 0.25) is 0 Å². The third-order valence-corrected chi connectivity index (χ3v) is 4.13. The number of aryl methyl sites for hydroxylation is 2. The molecule has 1 amide bonds. The van der Waals surface area contributed by atoms with E-state index in [-0.39, 0.29) is 17.4 Å². The molecule has 0 aliphatic rings. The Morgan fingerprint density at radius 3 is 2.54 bits per heavy atom. The summed E-state index contributed by atoms with van der Waals surface area (Å²) < 4.78 is 0. The van der Waals surface area contributed by atoms with Gasteiger partial charge in [-0.3, -0.25) is 4.79 Å². The van der Waals surface area contributed by atoms with Crippen LogP contribution in [0.4, 0.5) is 5.69 Å². The zero-order valence-electron chi connectivity index (χ0n) is 15.2. The molecular weight excluding hydrogens is 326 g/mol. The summed E-state index contributed by atoms with van der Waals surface area (Å²) in [4.78, 5) is 12.3.